The van der Waals surface area contributed by atoms with Crippen molar-refractivity contribution in [3.8, 4) is 0 Å². The molecule has 2 N–H and O–H groups in total. The molecule has 1 heterocycles. The van der Waals surface area contributed by atoms with Crippen LogP contribution in [0, 0.1) is 11.3 Å². The predicted molar refractivity (Wildman–Crippen MR) is 75.6 cm³/mol. The summed E-state index contributed by atoms with van der Waals surface area (Å²) >= 11 is 0. The molecule has 0 aromatic rings. The Morgan fingerprint density at radius 2 is 2.00 bits per heavy atom. The van der Waals surface area contributed by atoms with Crippen LogP contribution in [0.1, 0.15) is 34.1 Å². The molecule has 2 unspecified atom stereocenters. The van der Waals surface area contributed by atoms with Gasteiger partial charge in [0.2, 0.25) is 0 Å². The summed E-state index contributed by atoms with van der Waals surface area (Å²) in [6.45, 7) is 9.63. The van der Waals surface area contributed by atoms with E-state index in [1.165, 1.54) is 0 Å². The molecule has 0 saturated carbocycles. The molecule has 0 spiro atoms. The largest absolute Gasteiger partial charge is 0.481 e. The number of carboxylic acid groups (broad SMARTS) is 1. The van der Waals surface area contributed by atoms with Crippen LogP contribution >= 0.6 is 0 Å². The first kappa shape index (κ1) is 16.8. The molecule has 0 aliphatic carbocycles. The number of amides is 2. The fraction of sp³-hybridized carbons (Fsp3) is 0.857. The van der Waals surface area contributed by atoms with E-state index in [2.05, 4.69) is 5.32 Å². The molecule has 1 aliphatic rings. The highest BCUT2D eigenvalue weighted by atomic mass is 16.5. The minimum Gasteiger partial charge on any atom is -0.481 e. The normalized spacial score (nSPS) is 22.6. The third kappa shape index (κ3) is 4.67. The number of nitrogens with one attached hydrogen (secondary N) is 1. The van der Waals surface area contributed by atoms with Gasteiger partial charge in [-0.15, -0.1) is 0 Å². The van der Waals surface area contributed by atoms with E-state index in [-0.39, 0.29) is 24.1 Å². The van der Waals surface area contributed by atoms with E-state index < -0.39 is 11.9 Å². The van der Waals surface area contributed by atoms with Crippen molar-refractivity contribution in [3.05, 3.63) is 0 Å². The quantitative estimate of drug-likeness (QED) is 0.804. The van der Waals surface area contributed by atoms with Gasteiger partial charge in [-0.05, 0) is 11.8 Å². The van der Waals surface area contributed by atoms with Crippen LogP contribution in [0.4, 0.5) is 4.79 Å². The smallest absolute Gasteiger partial charge is 0.317 e. The number of ether oxygens (including phenoxy) is 1. The summed E-state index contributed by atoms with van der Waals surface area (Å²) in [6, 6.07) is -0.587. The van der Waals surface area contributed by atoms with Crippen LogP contribution in [0.3, 0.4) is 0 Å². The van der Waals surface area contributed by atoms with Crippen LogP contribution in [0.25, 0.3) is 0 Å². The van der Waals surface area contributed by atoms with Crippen molar-refractivity contribution in [2.45, 2.75) is 40.2 Å². The molecular formula is C14H26N2O4. The maximum absolute atomic E-state index is 12.3. The van der Waals surface area contributed by atoms with Gasteiger partial charge in [0.05, 0.1) is 19.3 Å². The fourth-order valence-corrected chi connectivity index (χ4v) is 2.19. The molecule has 20 heavy (non-hydrogen) atoms. The Balaban J connectivity index is 2.72. The first-order chi connectivity index (χ1) is 9.26. The van der Waals surface area contributed by atoms with Crippen LogP contribution in [0.15, 0.2) is 0 Å². The maximum Gasteiger partial charge on any atom is 0.317 e. The number of nitrogens with zero attached hydrogens (tertiary/aromatic N) is 1. The molecule has 2 amide bonds. The number of hydrogen-bond acceptors (Lipinski definition) is 3. The molecule has 1 rings (SSSR count). The first-order valence-corrected chi connectivity index (χ1v) is 7.11. The lowest BCUT2D eigenvalue weighted by Gasteiger charge is -2.31. The van der Waals surface area contributed by atoms with E-state index in [4.69, 9.17) is 4.74 Å². The molecular weight excluding hydrogens is 260 g/mol. The van der Waals surface area contributed by atoms with Gasteiger partial charge in [-0.1, -0.05) is 27.7 Å². The number of carbonyl (C=O) groups is 2. The Morgan fingerprint density at radius 3 is 2.50 bits per heavy atom. The lowest BCUT2D eigenvalue weighted by atomic mass is 9.97. The molecule has 116 valence electrons. The SMILES string of the molecule is CCCN(C(=O)NCC(C)(C)C)C1COCC1C(=O)O. The van der Waals surface area contributed by atoms with Crippen LogP contribution in [-0.4, -0.2) is 54.4 Å². The van der Waals surface area contributed by atoms with Crippen molar-refractivity contribution in [2.75, 3.05) is 26.3 Å². The number of carbonyl (C=O) groups excluding carboxylic acids is 1. The van der Waals surface area contributed by atoms with Gasteiger partial charge >= 0.3 is 12.0 Å². The Morgan fingerprint density at radius 1 is 1.35 bits per heavy atom. The van der Waals surface area contributed by atoms with Gasteiger partial charge in [-0.3, -0.25) is 4.79 Å². The number of urea groups is 1. The molecule has 0 aromatic carbocycles. The van der Waals surface area contributed by atoms with Crippen LogP contribution in [0.2, 0.25) is 0 Å². The third-order valence-corrected chi connectivity index (χ3v) is 3.26. The zero-order valence-electron chi connectivity index (χ0n) is 12.8. The Bertz CT molecular complexity index is 352. The minimum atomic E-state index is -0.905. The molecule has 1 aliphatic heterocycles. The number of hydrogen-bond donors (Lipinski definition) is 2. The lowest BCUT2D eigenvalue weighted by molar-refractivity contribution is -0.142. The van der Waals surface area contributed by atoms with Crippen molar-refractivity contribution >= 4 is 12.0 Å². The Hall–Kier alpha value is -1.30. The average Bonchev–Trinajstić information content (AvgIpc) is 2.81. The van der Waals surface area contributed by atoms with E-state index in [9.17, 15) is 14.7 Å². The molecule has 0 bridgehead atoms. The molecule has 6 nitrogen and oxygen atoms in total. The standard InChI is InChI=1S/C14H26N2O4/c1-5-6-16(13(19)15-9-14(2,3)4)11-8-20-7-10(11)12(17)18/h10-11H,5-9H2,1-4H3,(H,15,19)(H,17,18). The van der Waals surface area contributed by atoms with Gasteiger partial charge < -0.3 is 20.1 Å². The van der Waals surface area contributed by atoms with Gasteiger partial charge in [-0.25, -0.2) is 4.79 Å². The zero-order chi connectivity index (χ0) is 15.3. The number of carboxylic acids is 1. The average molecular weight is 286 g/mol. The molecule has 1 saturated heterocycles. The summed E-state index contributed by atoms with van der Waals surface area (Å²) in [4.78, 5) is 25.1. The molecule has 6 heteroatoms. The van der Waals surface area contributed by atoms with Crippen molar-refractivity contribution in [3.63, 3.8) is 0 Å². The topological polar surface area (TPSA) is 78.9 Å². The monoisotopic (exact) mass is 286 g/mol. The summed E-state index contributed by atoms with van der Waals surface area (Å²) < 4.78 is 5.25. The number of aliphatic carboxylic acids is 1. The second kappa shape index (κ2) is 6.92. The zero-order valence-corrected chi connectivity index (χ0v) is 12.8. The Kier molecular flexibility index (Phi) is 5.80. The van der Waals surface area contributed by atoms with Gasteiger partial charge in [0.15, 0.2) is 0 Å². The van der Waals surface area contributed by atoms with Crippen LogP contribution in [0.5, 0.6) is 0 Å². The van der Waals surface area contributed by atoms with Gasteiger partial charge in [0.25, 0.3) is 0 Å². The van der Waals surface area contributed by atoms with Gasteiger partial charge in [-0.2, -0.15) is 0 Å². The maximum atomic E-state index is 12.3. The van der Waals surface area contributed by atoms with Crippen molar-refractivity contribution < 1.29 is 19.4 Å². The fourth-order valence-electron chi connectivity index (χ4n) is 2.19. The highest BCUT2D eigenvalue weighted by Gasteiger charge is 2.39. The van der Waals surface area contributed by atoms with Crippen molar-refractivity contribution in [1.29, 1.82) is 0 Å². The summed E-state index contributed by atoms with van der Waals surface area (Å²) in [5, 5.41) is 12.1. The summed E-state index contributed by atoms with van der Waals surface area (Å²) in [7, 11) is 0. The Labute approximate surface area is 120 Å². The molecule has 2 atom stereocenters. The van der Waals surface area contributed by atoms with Crippen LogP contribution < -0.4 is 5.32 Å². The van der Waals surface area contributed by atoms with E-state index in [1.807, 2.05) is 27.7 Å². The van der Waals surface area contributed by atoms with E-state index in [1.54, 1.807) is 4.90 Å². The summed E-state index contributed by atoms with van der Waals surface area (Å²) in [6.07, 6.45) is 0.784. The van der Waals surface area contributed by atoms with E-state index in [0.29, 0.717) is 19.7 Å². The van der Waals surface area contributed by atoms with Gasteiger partial charge in [0, 0.05) is 13.1 Å². The third-order valence-electron chi connectivity index (χ3n) is 3.26. The second-order valence-corrected chi connectivity index (χ2v) is 6.46. The summed E-state index contributed by atoms with van der Waals surface area (Å²) in [5.74, 6) is -1.54. The first-order valence-electron chi connectivity index (χ1n) is 7.11. The summed E-state index contributed by atoms with van der Waals surface area (Å²) in [5.41, 5.74) is -0.00802. The highest BCUT2D eigenvalue weighted by Crippen LogP contribution is 2.21. The van der Waals surface area contributed by atoms with E-state index in [0.717, 1.165) is 6.42 Å². The minimum absolute atomic E-state index is 0.00802. The molecule has 0 radical (unpaired) electrons. The lowest BCUT2D eigenvalue weighted by Crippen LogP contribution is -2.52. The van der Waals surface area contributed by atoms with Crippen molar-refractivity contribution in [1.82, 2.24) is 10.2 Å². The van der Waals surface area contributed by atoms with Crippen molar-refractivity contribution in [2.24, 2.45) is 11.3 Å². The van der Waals surface area contributed by atoms with Crippen LogP contribution in [-0.2, 0) is 9.53 Å². The predicted octanol–water partition coefficient (Wildman–Crippen LogP) is 1.55. The van der Waals surface area contributed by atoms with E-state index >= 15 is 0 Å². The molecule has 1 fully saturated rings. The second-order valence-electron chi connectivity index (χ2n) is 6.46. The number of rotatable bonds is 5. The van der Waals surface area contributed by atoms with Gasteiger partial charge in [0.1, 0.15) is 5.92 Å². The highest BCUT2D eigenvalue weighted by molar-refractivity contribution is 5.77. The molecule has 0 aromatic heterocycles.